The van der Waals surface area contributed by atoms with Crippen LogP contribution in [0.1, 0.15) is 5.56 Å². The summed E-state index contributed by atoms with van der Waals surface area (Å²) in [6.45, 7) is 0. The van der Waals surface area contributed by atoms with Crippen molar-refractivity contribution in [3.63, 3.8) is 0 Å². The lowest BCUT2D eigenvalue weighted by Gasteiger charge is -2.02. The molecule has 0 atom stereocenters. The first kappa shape index (κ1) is 11.2. The van der Waals surface area contributed by atoms with Gasteiger partial charge in [0.15, 0.2) is 9.84 Å². The quantitative estimate of drug-likeness (QED) is 0.627. The molecule has 76 valence electrons. The molecule has 0 aromatic heterocycles. The van der Waals surface area contributed by atoms with Gasteiger partial charge in [-0.25, -0.2) is 8.42 Å². The summed E-state index contributed by atoms with van der Waals surface area (Å²) in [4.78, 5) is 0. The van der Waals surface area contributed by atoms with Crippen molar-refractivity contribution >= 4 is 22.4 Å². The molecule has 0 bridgehead atoms. The van der Waals surface area contributed by atoms with Crippen LogP contribution in [0.15, 0.2) is 24.3 Å². The molecule has 4 nitrogen and oxygen atoms in total. The fourth-order valence-electron chi connectivity index (χ4n) is 1.15. The van der Waals surface area contributed by atoms with Gasteiger partial charge >= 0.3 is 7.12 Å². The van der Waals surface area contributed by atoms with E-state index < -0.39 is 17.0 Å². The molecule has 6 heteroatoms. The highest BCUT2D eigenvalue weighted by atomic mass is 32.2. The van der Waals surface area contributed by atoms with Crippen molar-refractivity contribution in [2.75, 3.05) is 6.26 Å². The zero-order valence-electron chi connectivity index (χ0n) is 7.71. The largest absolute Gasteiger partial charge is 0.488 e. The molecule has 0 aliphatic heterocycles. The van der Waals surface area contributed by atoms with E-state index in [1.165, 1.54) is 12.1 Å². The standard InChI is InChI=1S/C8H11BO4S/c1-14(12,13)6-7-3-2-4-8(5-7)9(10)11/h2-5,10-11H,6H2,1H3. The van der Waals surface area contributed by atoms with Crippen LogP contribution >= 0.6 is 0 Å². The smallest absolute Gasteiger partial charge is 0.423 e. The van der Waals surface area contributed by atoms with Crippen LogP contribution in [0.5, 0.6) is 0 Å². The predicted molar refractivity (Wildman–Crippen MR) is 54.8 cm³/mol. The number of hydrogen-bond acceptors (Lipinski definition) is 4. The van der Waals surface area contributed by atoms with Crippen molar-refractivity contribution in [3.8, 4) is 0 Å². The van der Waals surface area contributed by atoms with Crippen LogP contribution in [-0.4, -0.2) is 31.8 Å². The van der Waals surface area contributed by atoms with Gasteiger partial charge in [0.1, 0.15) is 0 Å². The Bertz CT molecular complexity index is 413. The summed E-state index contributed by atoms with van der Waals surface area (Å²) < 4.78 is 21.9. The molecule has 0 aliphatic carbocycles. The molecule has 0 heterocycles. The van der Waals surface area contributed by atoms with Crippen LogP contribution in [0.2, 0.25) is 0 Å². The number of hydrogen-bond donors (Lipinski definition) is 2. The lowest BCUT2D eigenvalue weighted by atomic mass is 9.80. The predicted octanol–water partition coefficient (Wildman–Crippen LogP) is -1.09. The van der Waals surface area contributed by atoms with Gasteiger partial charge in [0.25, 0.3) is 0 Å². The summed E-state index contributed by atoms with van der Waals surface area (Å²) in [6.07, 6.45) is 1.13. The van der Waals surface area contributed by atoms with Crippen molar-refractivity contribution in [2.45, 2.75) is 5.75 Å². The molecule has 0 aliphatic rings. The van der Waals surface area contributed by atoms with E-state index in [2.05, 4.69) is 0 Å². The van der Waals surface area contributed by atoms with Crippen LogP contribution in [0.25, 0.3) is 0 Å². The Kier molecular flexibility index (Phi) is 3.31. The average molecular weight is 214 g/mol. The second-order valence-electron chi connectivity index (χ2n) is 3.19. The van der Waals surface area contributed by atoms with E-state index in [1.54, 1.807) is 12.1 Å². The van der Waals surface area contributed by atoms with Crippen LogP contribution in [-0.2, 0) is 15.6 Å². The van der Waals surface area contributed by atoms with E-state index >= 15 is 0 Å². The minimum Gasteiger partial charge on any atom is -0.423 e. The highest BCUT2D eigenvalue weighted by molar-refractivity contribution is 7.89. The zero-order chi connectivity index (χ0) is 10.8. The first-order chi connectivity index (χ1) is 6.38. The van der Waals surface area contributed by atoms with Crippen LogP contribution in [0.3, 0.4) is 0 Å². The third-order valence-electron chi connectivity index (χ3n) is 1.68. The Morgan fingerprint density at radius 3 is 2.50 bits per heavy atom. The molecule has 0 saturated carbocycles. The van der Waals surface area contributed by atoms with E-state index in [1.807, 2.05) is 0 Å². The van der Waals surface area contributed by atoms with Crippen LogP contribution in [0, 0.1) is 0 Å². The average Bonchev–Trinajstić information content (AvgIpc) is 2.01. The highest BCUT2D eigenvalue weighted by Gasteiger charge is 2.12. The second-order valence-corrected chi connectivity index (χ2v) is 5.33. The van der Waals surface area contributed by atoms with Gasteiger partial charge < -0.3 is 10.0 Å². The van der Waals surface area contributed by atoms with Crippen molar-refractivity contribution in [1.82, 2.24) is 0 Å². The SMILES string of the molecule is CS(=O)(=O)Cc1cccc(B(O)O)c1. The molecular weight excluding hydrogens is 203 g/mol. The van der Waals surface area contributed by atoms with Gasteiger partial charge in [0.2, 0.25) is 0 Å². The Balaban J connectivity index is 2.95. The Labute approximate surface area is 83.3 Å². The molecule has 0 spiro atoms. The van der Waals surface area contributed by atoms with Gasteiger partial charge in [0, 0.05) is 6.26 Å². The molecule has 14 heavy (non-hydrogen) atoms. The zero-order valence-corrected chi connectivity index (χ0v) is 8.53. The maximum atomic E-state index is 11.0. The molecule has 0 unspecified atom stereocenters. The number of rotatable bonds is 3. The van der Waals surface area contributed by atoms with Crippen molar-refractivity contribution in [1.29, 1.82) is 0 Å². The van der Waals surface area contributed by atoms with Gasteiger partial charge in [0.05, 0.1) is 5.75 Å². The molecule has 2 N–H and O–H groups in total. The summed E-state index contributed by atoms with van der Waals surface area (Å²) in [5.41, 5.74) is 0.851. The topological polar surface area (TPSA) is 74.6 Å². The summed E-state index contributed by atoms with van der Waals surface area (Å²) >= 11 is 0. The normalized spacial score (nSPS) is 11.4. The molecule has 0 fully saturated rings. The maximum Gasteiger partial charge on any atom is 0.488 e. The Morgan fingerprint density at radius 2 is 2.00 bits per heavy atom. The minimum atomic E-state index is -3.08. The fourth-order valence-corrected chi connectivity index (χ4v) is 1.93. The maximum absolute atomic E-state index is 11.0. The minimum absolute atomic E-state index is 0.0897. The molecule has 1 rings (SSSR count). The second kappa shape index (κ2) is 4.12. The third-order valence-corrected chi connectivity index (χ3v) is 2.54. The summed E-state index contributed by atoms with van der Waals surface area (Å²) in [5, 5.41) is 17.7. The number of benzene rings is 1. The van der Waals surface area contributed by atoms with Crippen molar-refractivity contribution in [2.24, 2.45) is 0 Å². The third kappa shape index (κ3) is 3.49. The van der Waals surface area contributed by atoms with Gasteiger partial charge in [-0.05, 0) is 11.0 Å². The summed E-state index contributed by atoms with van der Waals surface area (Å²) in [6, 6.07) is 6.21. The molecule has 0 radical (unpaired) electrons. The molecule has 1 aromatic carbocycles. The van der Waals surface area contributed by atoms with Crippen molar-refractivity contribution < 1.29 is 18.5 Å². The molecule has 0 amide bonds. The first-order valence-corrected chi connectivity index (χ1v) is 6.07. The molecular formula is C8H11BO4S. The number of sulfone groups is 1. The van der Waals surface area contributed by atoms with E-state index in [-0.39, 0.29) is 5.75 Å². The monoisotopic (exact) mass is 214 g/mol. The van der Waals surface area contributed by atoms with Crippen molar-refractivity contribution in [3.05, 3.63) is 29.8 Å². The molecule has 1 aromatic rings. The van der Waals surface area contributed by atoms with Gasteiger partial charge in [-0.15, -0.1) is 0 Å². The van der Waals surface area contributed by atoms with E-state index in [4.69, 9.17) is 10.0 Å². The lowest BCUT2D eigenvalue weighted by molar-refractivity contribution is 0.425. The van der Waals surface area contributed by atoms with Crippen LogP contribution < -0.4 is 5.46 Å². The van der Waals surface area contributed by atoms with Gasteiger partial charge in [-0.3, -0.25) is 0 Å². The first-order valence-electron chi connectivity index (χ1n) is 4.01. The summed E-state index contributed by atoms with van der Waals surface area (Å²) in [7, 11) is -4.64. The van der Waals surface area contributed by atoms with Crippen LogP contribution in [0.4, 0.5) is 0 Å². The van der Waals surface area contributed by atoms with Gasteiger partial charge in [-0.1, -0.05) is 24.3 Å². The highest BCUT2D eigenvalue weighted by Crippen LogP contribution is 2.02. The molecule has 0 saturated heterocycles. The Hall–Kier alpha value is -0.845. The van der Waals surface area contributed by atoms with E-state index in [0.717, 1.165) is 6.26 Å². The Morgan fingerprint density at radius 1 is 1.36 bits per heavy atom. The summed E-state index contributed by atoms with van der Waals surface area (Å²) in [5.74, 6) is -0.0897. The van der Waals surface area contributed by atoms with E-state index in [0.29, 0.717) is 11.0 Å². The van der Waals surface area contributed by atoms with Gasteiger partial charge in [-0.2, -0.15) is 0 Å². The van der Waals surface area contributed by atoms with E-state index in [9.17, 15) is 8.42 Å². The fraction of sp³-hybridized carbons (Fsp3) is 0.250. The lowest BCUT2D eigenvalue weighted by Crippen LogP contribution is -2.30.